The molecule has 5 rings (SSSR count). The van der Waals surface area contributed by atoms with Gasteiger partial charge in [0.05, 0.1) is 7.11 Å². The Bertz CT molecular complexity index is 1390. The molecule has 39 heavy (non-hydrogen) atoms. The van der Waals surface area contributed by atoms with Crippen molar-refractivity contribution in [3.8, 4) is 5.75 Å². The first-order valence-electron chi connectivity index (χ1n) is 13.6. The predicted molar refractivity (Wildman–Crippen MR) is 157 cm³/mol. The van der Waals surface area contributed by atoms with Crippen molar-refractivity contribution in [3.05, 3.63) is 131 Å². The zero-order valence-corrected chi connectivity index (χ0v) is 22.9. The molecule has 1 N–H and O–H groups in total. The van der Waals surface area contributed by atoms with Crippen molar-refractivity contribution in [1.82, 2.24) is 4.90 Å². The standard InChI is InChI=1S/C34H36N2O3/c1-4-24(2)35-29-15-17-30(18-16-29)39-23-28-20-27(14-19-33(28)38-3)32-21-26-12-8-9-13-31(26)34(37)36(32)22-25-10-6-5-7-11-25/h4-13,15-20,27,32,35H,14,21-23H2,1-3H3/b24-4+. The number of carbonyl (C=O) groups excluding carboxylic acids is 1. The first-order valence-corrected chi connectivity index (χ1v) is 13.6. The molecule has 2 unspecified atom stereocenters. The van der Waals surface area contributed by atoms with Crippen molar-refractivity contribution in [2.45, 2.75) is 39.3 Å². The number of amides is 1. The van der Waals surface area contributed by atoms with E-state index in [2.05, 4.69) is 40.6 Å². The number of hydrogen-bond acceptors (Lipinski definition) is 4. The van der Waals surface area contributed by atoms with E-state index in [0.717, 1.165) is 58.0 Å². The van der Waals surface area contributed by atoms with Crippen molar-refractivity contribution < 1.29 is 14.3 Å². The zero-order valence-electron chi connectivity index (χ0n) is 22.9. The number of rotatable bonds is 9. The quantitative estimate of drug-likeness (QED) is 0.326. The number of fused-ring (bicyclic) bond motifs is 1. The summed E-state index contributed by atoms with van der Waals surface area (Å²) in [5.41, 5.74) is 6.19. The van der Waals surface area contributed by atoms with Gasteiger partial charge in [-0.25, -0.2) is 0 Å². The molecule has 1 heterocycles. The Morgan fingerprint density at radius 1 is 1.03 bits per heavy atom. The van der Waals surface area contributed by atoms with E-state index in [-0.39, 0.29) is 17.9 Å². The molecule has 5 heteroatoms. The summed E-state index contributed by atoms with van der Waals surface area (Å²) in [5.74, 6) is 1.88. The van der Waals surface area contributed by atoms with Gasteiger partial charge in [-0.1, -0.05) is 60.7 Å². The molecule has 2 atom stereocenters. The van der Waals surface area contributed by atoms with Gasteiger partial charge in [0.15, 0.2) is 0 Å². The number of nitrogens with zero attached hydrogens (tertiary/aromatic N) is 1. The number of benzene rings is 3. The fourth-order valence-corrected chi connectivity index (χ4v) is 5.38. The molecule has 0 fully saturated rings. The Labute approximate surface area is 231 Å². The third-order valence-electron chi connectivity index (χ3n) is 7.58. The summed E-state index contributed by atoms with van der Waals surface area (Å²) in [5, 5.41) is 3.35. The van der Waals surface area contributed by atoms with Gasteiger partial charge in [-0.3, -0.25) is 4.79 Å². The van der Waals surface area contributed by atoms with Crippen LogP contribution in [0, 0.1) is 5.92 Å². The van der Waals surface area contributed by atoms with E-state index >= 15 is 0 Å². The number of nitrogens with one attached hydrogen (secondary N) is 1. The van der Waals surface area contributed by atoms with Gasteiger partial charge in [-0.2, -0.15) is 0 Å². The van der Waals surface area contributed by atoms with Crippen LogP contribution in [0.25, 0.3) is 0 Å². The van der Waals surface area contributed by atoms with E-state index in [1.165, 1.54) is 0 Å². The van der Waals surface area contributed by atoms with Crippen LogP contribution >= 0.6 is 0 Å². The van der Waals surface area contributed by atoms with E-state index in [9.17, 15) is 4.79 Å². The third-order valence-corrected chi connectivity index (χ3v) is 7.58. The van der Waals surface area contributed by atoms with Gasteiger partial charge in [-0.05, 0) is 74.2 Å². The molecule has 0 saturated carbocycles. The Kier molecular flexibility index (Phi) is 8.16. The maximum Gasteiger partial charge on any atom is 0.254 e. The molecule has 0 saturated heterocycles. The normalized spacial score (nSPS) is 19.1. The first kappa shape index (κ1) is 26.4. The van der Waals surface area contributed by atoms with Crippen LogP contribution in [0.5, 0.6) is 5.75 Å². The van der Waals surface area contributed by atoms with E-state index in [0.29, 0.717) is 13.2 Å². The van der Waals surface area contributed by atoms with Crippen LogP contribution in [-0.4, -0.2) is 30.6 Å². The van der Waals surface area contributed by atoms with Gasteiger partial charge < -0.3 is 19.7 Å². The minimum atomic E-state index is 0.0393. The van der Waals surface area contributed by atoms with Crippen LogP contribution < -0.4 is 10.1 Å². The largest absolute Gasteiger partial charge is 0.497 e. The van der Waals surface area contributed by atoms with E-state index in [1.807, 2.05) is 80.6 Å². The number of ether oxygens (including phenoxy) is 2. The van der Waals surface area contributed by atoms with Gasteiger partial charge in [0, 0.05) is 41.0 Å². The minimum Gasteiger partial charge on any atom is -0.497 e. The van der Waals surface area contributed by atoms with E-state index in [1.54, 1.807) is 7.11 Å². The van der Waals surface area contributed by atoms with Gasteiger partial charge >= 0.3 is 0 Å². The van der Waals surface area contributed by atoms with Crippen molar-refractivity contribution in [2.75, 3.05) is 19.0 Å². The summed E-state index contributed by atoms with van der Waals surface area (Å²) in [6.45, 7) is 5.03. The Morgan fingerprint density at radius 2 is 1.77 bits per heavy atom. The maximum atomic E-state index is 13.7. The number of anilines is 1. The Morgan fingerprint density at radius 3 is 2.51 bits per heavy atom. The topological polar surface area (TPSA) is 50.8 Å². The lowest BCUT2D eigenvalue weighted by Gasteiger charge is -2.41. The van der Waals surface area contributed by atoms with Crippen molar-refractivity contribution in [2.24, 2.45) is 5.92 Å². The number of allylic oxidation sites excluding steroid dienone is 3. The Balaban J connectivity index is 1.37. The van der Waals surface area contributed by atoms with Crippen LogP contribution in [0.2, 0.25) is 0 Å². The molecule has 200 valence electrons. The highest BCUT2D eigenvalue weighted by molar-refractivity contribution is 5.97. The average Bonchev–Trinajstić information content (AvgIpc) is 2.98. The van der Waals surface area contributed by atoms with Crippen LogP contribution in [-0.2, 0) is 17.7 Å². The van der Waals surface area contributed by atoms with Crippen molar-refractivity contribution in [1.29, 1.82) is 0 Å². The minimum absolute atomic E-state index is 0.0393. The summed E-state index contributed by atoms with van der Waals surface area (Å²) in [6.07, 6.45) is 8.06. The molecule has 0 radical (unpaired) electrons. The smallest absolute Gasteiger partial charge is 0.254 e. The molecular weight excluding hydrogens is 484 g/mol. The van der Waals surface area contributed by atoms with Crippen LogP contribution in [0.3, 0.4) is 0 Å². The second-order valence-corrected chi connectivity index (χ2v) is 10.1. The molecule has 1 amide bonds. The molecular formula is C34H36N2O3. The third kappa shape index (κ3) is 6.09. The van der Waals surface area contributed by atoms with E-state index in [4.69, 9.17) is 9.47 Å². The van der Waals surface area contributed by atoms with Crippen LogP contribution in [0.1, 0.15) is 41.8 Å². The molecule has 0 aromatic heterocycles. The highest BCUT2D eigenvalue weighted by atomic mass is 16.5. The van der Waals surface area contributed by atoms with Crippen molar-refractivity contribution in [3.63, 3.8) is 0 Å². The van der Waals surface area contributed by atoms with Gasteiger partial charge in [-0.15, -0.1) is 0 Å². The molecule has 3 aromatic carbocycles. The maximum absolute atomic E-state index is 13.7. The molecule has 2 aliphatic rings. The number of carbonyl (C=O) groups is 1. The first-order chi connectivity index (χ1) is 19.1. The second-order valence-electron chi connectivity index (χ2n) is 10.1. The van der Waals surface area contributed by atoms with Gasteiger partial charge in [0.2, 0.25) is 0 Å². The van der Waals surface area contributed by atoms with E-state index < -0.39 is 0 Å². The van der Waals surface area contributed by atoms with Crippen LogP contribution in [0.15, 0.2) is 114 Å². The summed E-state index contributed by atoms with van der Waals surface area (Å²) in [7, 11) is 1.70. The number of hydrogen-bond donors (Lipinski definition) is 1. The molecule has 3 aromatic rings. The van der Waals surface area contributed by atoms with Gasteiger partial charge in [0.1, 0.15) is 18.1 Å². The SMILES string of the molecule is C/C=C(\C)Nc1ccc(OCC2=CC(C3Cc4ccccc4C(=O)N3Cc3ccccc3)CC=C2OC)cc1. The molecule has 1 aliphatic carbocycles. The molecule has 0 spiro atoms. The number of methoxy groups -OCH3 is 1. The second kappa shape index (κ2) is 12.1. The highest BCUT2D eigenvalue weighted by Crippen LogP contribution is 2.35. The van der Waals surface area contributed by atoms with Gasteiger partial charge in [0.25, 0.3) is 5.91 Å². The lowest BCUT2D eigenvalue weighted by Crippen LogP contribution is -2.49. The molecule has 5 nitrogen and oxygen atoms in total. The lowest BCUT2D eigenvalue weighted by atomic mass is 9.81. The highest BCUT2D eigenvalue weighted by Gasteiger charge is 2.37. The predicted octanol–water partition coefficient (Wildman–Crippen LogP) is 7.14. The summed E-state index contributed by atoms with van der Waals surface area (Å²) in [4.78, 5) is 15.8. The lowest BCUT2D eigenvalue weighted by molar-refractivity contribution is 0.0576. The van der Waals surface area contributed by atoms with Crippen molar-refractivity contribution >= 4 is 11.6 Å². The fourth-order valence-electron chi connectivity index (χ4n) is 5.38. The summed E-state index contributed by atoms with van der Waals surface area (Å²) in [6, 6.07) is 26.3. The molecule has 0 bridgehead atoms. The summed E-state index contributed by atoms with van der Waals surface area (Å²) >= 11 is 0. The Hall–Kier alpha value is -4.25. The monoisotopic (exact) mass is 520 g/mol. The molecule has 1 aliphatic heterocycles. The van der Waals surface area contributed by atoms with Crippen LogP contribution in [0.4, 0.5) is 5.69 Å². The summed E-state index contributed by atoms with van der Waals surface area (Å²) < 4.78 is 11.9. The zero-order chi connectivity index (χ0) is 27.2. The average molecular weight is 521 g/mol. The fraction of sp³-hybridized carbons (Fsp3) is 0.265.